The topological polar surface area (TPSA) is 110 Å². The van der Waals surface area contributed by atoms with Crippen LogP contribution in [0, 0.1) is 5.92 Å². The zero-order valence-corrected chi connectivity index (χ0v) is 11.3. The summed E-state index contributed by atoms with van der Waals surface area (Å²) in [6.07, 6.45) is 0.386. The van der Waals surface area contributed by atoms with Gasteiger partial charge in [0.15, 0.2) is 0 Å². The number of likely N-dealkylation sites (tertiary alicyclic amines) is 1. The summed E-state index contributed by atoms with van der Waals surface area (Å²) in [5.41, 5.74) is -1.48. The summed E-state index contributed by atoms with van der Waals surface area (Å²) < 4.78 is 0. The minimum absolute atomic E-state index is 0.0971. The van der Waals surface area contributed by atoms with Crippen molar-refractivity contribution in [3.8, 4) is 0 Å². The third-order valence-electron chi connectivity index (χ3n) is 3.48. The number of hydrogen-bond donors (Lipinski definition) is 4. The predicted molar refractivity (Wildman–Crippen MR) is 67.6 cm³/mol. The lowest BCUT2D eigenvalue weighted by molar-refractivity contribution is -0.141. The van der Waals surface area contributed by atoms with E-state index in [4.69, 9.17) is 5.11 Å². The second kappa shape index (κ2) is 6.21. The van der Waals surface area contributed by atoms with Crippen LogP contribution in [0.3, 0.4) is 0 Å². The summed E-state index contributed by atoms with van der Waals surface area (Å²) in [5.74, 6) is -0.891. The first-order valence-electron chi connectivity index (χ1n) is 6.36. The Bertz CT molecular complexity index is 345. The number of carboxylic acids is 1. The maximum absolute atomic E-state index is 11.9. The van der Waals surface area contributed by atoms with Crippen molar-refractivity contribution in [3.05, 3.63) is 0 Å². The van der Waals surface area contributed by atoms with Crippen LogP contribution in [0.4, 0.5) is 4.79 Å². The van der Waals surface area contributed by atoms with Gasteiger partial charge in [0.2, 0.25) is 0 Å². The number of hydrogen-bond acceptors (Lipinski definition) is 4. The van der Waals surface area contributed by atoms with Crippen molar-refractivity contribution < 1.29 is 24.9 Å². The second-order valence-electron chi connectivity index (χ2n) is 5.44. The number of rotatable bonds is 5. The summed E-state index contributed by atoms with van der Waals surface area (Å²) in [6, 6.07) is -0.599. The highest BCUT2D eigenvalue weighted by molar-refractivity contribution is 5.75. The number of aliphatic hydroxyl groups is 2. The quantitative estimate of drug-likeness (QED) is 0.546. The van der Waals surface area contributed by atoms with Crippen molar-refractivity contribution in [1.29, 1.82) is 0 Å². The number of amides is 2. The molecule has 0 radical (unpaired) electrons. The Labute approximate surface area is 112 Å². The van der Waals surface area contributed by atoms with Crippen LogP contribution in [0.15, 0.2) is 0 Å². The molecule has 4 N–H and O–H groups in total. The van der Waals surface area contributed by atoms with Crippen LogP contribution in [-0.2, 0) is 4.79 Å². The van der Waals surface area contributed by atoms with Gasteiger partial charge in [0.1, 0.15) is 0 Å². The van der Waals surface area contributed by atoms with E-state index in [0.717, 1.165) is 6.42 Å². The van der Waals surface area contributed by atoms with Crippen LogP contribution in [0.2, 0.25) is 0 Å². The number of nitrogens with one attached hydrogen (secondary N) is 1. The van der Waals surface area contributed by atoms with Crippen molar-refractivity contribution in [1.82, 2.24) is 10.2 Å². The van der Waals surface area contributed by atoms with E-state index in [-0.39, 0.29) is 31.1 Å². The molecule has 1 heterocycles. The van der Waals surface area contributed by atoms with Crippen LogP contribution < -0.4 is 5.32 Å². The van der Waals surface area contributed by atoms with Crippen molar-refractivity contribution in [2.75, 3.05) is 19.7 Å². The molecule has 1 aliphatic heterocycles. The molecule has 0 saturated carbocycles. The maximum Gasteiger partial charge on any atom is 0.317 e. The lowest BCUT2D eigenvalue weighted by Crippen LogP contribution is -2.50. The van der Waals surface area contributed by atoms with Gasteiger partial charge in [0, 0.05) is 13.1 Å². The molecule has 1 fully saturated rings. The smallest absolute Gasteiger partial charge is 0.317 e. The highest BCUT2D eigenvalue weighted by Gasteiger charge is 2.34. The van der Waals surface area contributed by atoms with Gasteiger partial charge in [-0.2, -0.15) is 0 Å². The number of nitrogens with zero attached hydrogens (tertiary/aromatic N) is 1. The Morgan fingerprint density at radius 2 is 2.11 bits per heavy atom. The molecule has 0 aromatic carbocycles. The zero-order chi connectivity index (χ0) is 14.6. The highest BCUT2D eigenvalue weighted by atomic mass is 16.4. The fraction of sp³-hybridized carbons (Fsp3) is 0.833. The van der Waals surface area contributed by atoms with E-state index in [2.05, 4.69) is 5.32 Å². The predicted octanol–water partition coefficient (Wildman–Crippen LogP) is -0.376. The molecule has 2 amide bonds. The molecule has 0 aromatic heterocycles. The van der Waals surface area contributed by atoms with Gasteiger partial charge in [-0.15, -0.1) is 0 Å². The molecule has 0 aliphatic carbocycles. The monoisotopic (exact) mass is 274 g/mol. The first kappa shape index (κ1) is 15.7. The number of carboxylic acid groups (broad SMARTS) is 1. The standard InChI is InChI=1S/C12H22N2O5/c1-8-3-4-14(9(8)6-15)11(18)13-7-12(2,19)5-10(16)17/h8-9,15,19H,3-7H2,1-2H3,(H,13,18)(H,16,17). The normalized spacial score (nSPS) is 26.0. The summed E-state index contributed by atoms with van der Waals surface area (Å²) in [4.78, 5) is 24.0. The van der Waals surface area contributed by atoms with Gasteiger partial charge in [-0.25, -0.2) is 4.79 Å². The minimum Gasteiger partial charge on any atom is -0.481 e. The Kier molecular flexibility index (Phi) is 5.13. The molecular weight excluding hydrogens is 252 g/mol. The summed E-state index contributed by atoms with van der Waals surface area (Å²) in [7, 11) is 0. The number of aliphatic hydroxyl groups excluding tert-OH is 1. The fourth-order valence-electron chi connectivity index (χ4n) is 2.29. The molecule has 1 saturated heterocycles. The molecule has 3 atom stereocenters. The molecule has 7 nitrogen and oxygen atoms in total. The van der Waals surface area contributed by atoms with E-state index >= 15 is 0 Å². The minimum atomic E-state index is -1.48. The third kappa shape index (κ3) is 4.36. The third-order valence-corrected chi connectivity index (χ3v) is 3.48. The molecule has 19 heavy (non-hydrogen) atoms. The Balaban J connectivity index is 2.49. The number of aliphatic carboxylic acids is 1. The molecule has 1 aliphatic rings. The summed E-state index contributed by atoms with van der Waals surface area (Å²) >= 11 is 0. The largest absolute Gasteiger partial charge is 0.481 e. The molecule has 7 heteroatoms. The maximum atomic E-state index is 11.9. The molecule has 3 unspecified atom stereocenters. The number of urea groups is 1. The Morgan fingerprint density at radius 3 is 2.63 bits per heavy atom. The summed E-state index contributed by atoms with van der Waals surface area (Å²) in [5, 5.41) is 30.2. The molecule has 1 rings (SSSR count). The second-order valence-corrected chi connectivity index (χ2v) is 5.44. The zero-order valence-electron chi connectivity index (χ0n) is 11.3. The molecule has 0 aromatic rings. The lowest BCUT2D eigenvalue weighted by Gasteiger charge is -2.28. The van der Waals surface area contributed by atoms with Crippen LogP contribution in [0.1, 0.15) is 26.7 Å². The van der Waals surface area contributed by atoms with E-state index in [1.165, 1.54) is 11.8 Å². The fourth-order valence-corrected chi connectivity index (χ4v) is 2.29. The van der Waals surface area contributed by atoms with Crippen LogP contribution in [-0.4, -0.2) is 63.6 Å². The van der Waals surface area contributed by atoms with Gasteiger partial charge >= 0.3 is 12.0 Å². The average Bonchev–Trinajstić information content (AvgIpc) is 2.65. The van der Waals surface area contributed by atoms with E-state index in [1.54, 1.807) is 0 Å². The van der Waals surface area contributed by atoms with Gasteiger partial charge in [0.25, 0.3) is 0 Å². The van der Waals surface area contributed by atoms with Crippen LogP contribution in [0.5, 0.6) is 0 Å². The number of carbonyl (C=O) groups is 2. The van der Waals surface area contributed by atoms with Crippen LogP contribution in [0.25, 0.3) is 0 Å². The SMILES string of the molecule is CC1CCN(C(=O)NCC(C)(O)CC(=O)O)C1CO. The van der Waals surface area contributed by atoms with E-state index in [9.17, 15) is 19.8 Å². The van der Waals surface area contributed by atoms with Crippen molar-refractivity contribution in [3.63, 3.8) is 0 Å². The summed E-state index contributed by atoms with van der Waals surface area (Å²) in [6.45, 7) is 3.65. The van der Waals surface area contributed by atoms with Gasteiger partial charge < -0.3 is 25.5 Å². The Hall–Kier alpha value is -1.34. The molecular formula is C12H22N2O5. The van der Waals surface area contributed by atoms with Crippen molar-refractivity contribution >= 4 is 12.0 Å². The molecule has 0 bridgehead atoms. The molecule has 0 spiro atoms. The lowest BCUT2D eigenvalue weighted by atomic mass is 10.0. The van der Waals surface area contributed by atoms with Gasteiger partial charge in [0.05, 0.1) is 24.7 Å². The van der Waals surface area contributed by atoms with Gasteiger partial charge in [-0.1, -0.05) is 6.92 Å². The van der Waals surface area contributed by atoms with E-state index in [1.807, 2.05) is 6.92 Å². The van der Waals surface area contributed by atoms with Gasteiger partial charge in [-0.3, -0.25) is 4.79 Å². The first-order valence-corrected chi connectivity index (χ1v) is 6.36. The first-order chi connectivity index (χ1) is 8.76. The number of carbonyl (C=O) groups excluding carboxylic acids is 1. The van der Waals surface area contributed by atoms with Crippen molar-refractivity contribution in [2.24, 2.45) is 5.92 Å². The van der Waals surface area contributed by atoms with E-state index < -0.39 is 18.0 Å². The average molecular weight is 274 g/mol. The molecule has 110 valence electrons. The van der Waals surface area contributed by atoms with Crippen molar-refractivity contribution in [2.45, 2.75) is 38.3 Å². The van der Waals surface area contributed by atoms with Gasteiger partial charge in [-0.05, 0) is 19.3 Å². The van der Waals surface area contributed by atoms with Crippen LogP contribution >= 0.6 is 0 Å². The van der Waals surface area contributed by atoms with E-state index in [0.29, 0.717) is 6.54 Å². The Morgan fingerprint density at radius 1 is 1.47 bits per heavy atom. The highest BCUT2D eigenvalue weighted by Crippen LogP contribution is 2.23.